The standard InChI is InChI=1S/C17H16ClN2O/c1-19-11-12-20(2)17(19)10-8-13-7-9-16(21-13)14-5-3-4-6-15(14)18/h3-12H,1-2H3/q+1/b10-8+. The largest absolute Gasteiger partial charge is 0.457 e. The number of halogens is 1. The highest BCUT2D eigenvalue weighted by Gasteiger charge is 2.09. The van der Waals surface area contributed by atoms with E-state index in [1.165, 1.54) is 0 Å². The number of rotatable bonds is 3. The molecule has 3 aromatic rings. The van der Waals surface area contributed by atoms with Crippen LogP contribution in [0.1, 0.15) is 11.6 Å². The topological polar surface area (TPSA) is 21.9 Å². The van der Waals surface area contributed by atoms with Gasteiger partial charge in [0.2, 0.25) is 0 Å². The Labute approximate surface area is 128 Å². The minimum Gasteiger partial charge on any atom is -0.457 e. The zero-order valence-electron chi connectivity index (χ0n) is 12.0. The Bertz CT molecular complexity index is 779. The van der Waals surface area contributed by atoms with Crippen LogP contribution in [0.3, 0.4) is 0 Å². The molecule has 1 aromatic carbocycles. The van der Waals surface area contributed by atoms with Gasteiger partial charge in [-0.25, -0.2) is 9.13 Å². The molecule has 0 saturated carbocycles. The van der Waals surface area contributed by atoms with Gasteiger partial charge < -0.3 is 4.42 Å². The fourth-order valence-corrected chi connectivity index (χ4v) is 2.47. The molecule has 2 heterocycles. The second kappa shape index (κ2) is 5.62. The lowest BCUT2D eigenvalue weighted by molar-refractivity contribution is -0.672. The molecule has 4 heteroatoms. The molecule has 2 aromatic heterocycles. The summed E-state index contributed by atoms with van der Waals surface area (Å²) in [4.78, 5) is 0. The summed E-state index contributed by atoms with van der Waals surface area (Å²) >= 11 is 6.18. The van der Waals surface area contributed by atoms with Crippen LogP contribution in [0, 0.1) is 0 Å². The van der Waals surface area contributed by atoms with Gasteiger partial charge in [-0.2, -0.15) is 0 Å². The van der Waals surface area contributed by atoms with Gasteiger partial charge in [0.15, 0.2) is 0 Å². The van der Waals surface area contributed by atoms with E-state index < -0.39 is 0 Å². The summed E-state index contributed by atoms with van der Waals surface area (Å²) < 4.78 is 9.94. The first kappa shape index (κ1) is 13.7. The maximum Gasteiger partial charge on any atom is 0.281 e. The molecule has 21 heavy (non-hydrogen) atoms. The molecule has 3 rings (SSSR count). The van der Waals surface area contributed by atoms with Crippen LogP contribution in [0.2, 0.25) is 5.02 Å². The third-order valence-electron chi connectivity index (χ3n) is 3.40. The van der Waals surface area contributed by atoms with E-state index >= 15 is 0 Å². The van der Waals surface area contributed by atoms with Crippen molar-refractivity contribution in [3.05, 3.63) is 65.4 Å². The molecule has 0 amide bonds. The number of benzene rings is 1. The number of furan rings is 1. The highest BCUT2D eigenvalue weighted by Crippen LogP contribution is 2.29. The Morgan fingerprint density at radius 2 is 1.95 bits per heavy atom. The van der Waals surface area contributed by atoms with Gasteiger partial charge in [-0.1, -0.05) is 23.7 Å². The lowest BCUT2D eigenvalue weighted by Crippen LogP contribution is -2.29. The van der Waals surface area contributed by atoms with Crippen LogP contribution >= 0.6 is 11.6 Å². The average molecular weight is 300 g/mol. The number of aryl methyl sites for hydroxylation is 2. The van der Waals surface area contributed by atoms with E-state index in [-0.39, 0.29) is 0 Å². The van der Waals surface area contributed by atoms with Crippen LogP contribution < -0.4 is 4.57 Å². The van der Waals surface area contributed by atoms with Gasteiger partial charge in [0.05, 0.1) is 19.1 Å². The normalized spacial score (nSPS) is 11.4. The molecule has 0 bridgehead atoms. The number of hydrogen-bond acceptors (Lipinski definition) is 1. The molecule has 0 fully saturated rings. The fourth-order valence-electron chi connectivity index (χ4n) is 2.24. The van der Waals surface area contributed by atoms with Crippen molar-refractivity contribution in [3.8, 4) is 11.3 Å². The molecule has 0 aliphatic rings. The van der Waals surface area contributed by atoms with Crippen molar-refractivity contribution in [2.45, 2.75) is 0 Å². The van der Waals surface area contributed by atoms with Crippen molar-refractivity contribution in [2.75, 3.05) is 0 Å². The van der Waals surface area contributed by atoms with Gasteiger partial charge in [-0.15, -0.1) is 0 Å². The van der Waals surface area contributed by atoms with Crippen molar-refractivity contribution < 1.29 is 8.98 Å². The molecule has 0 radical (unpaired) electrons. The van der Waals surface area contributed by atoms with Crippen molar-refractivity contribution in [3.63, 3.8) is 0 Å². The Kier molecular flexibility index (Phi) is 3.67. The molecule has 3 nitrogen and oxygen atoms in total. The monoisotopic (exact) mass is 299 g/mol. The van der Waals surface area contributed by atoms with Gasteiger partial charge >= 0.3 is 0 Å². The van der Waals surface area contributed by atoms with Gasteiger partial charge in [0, 0.05) is 11.6 Å². The molecule has 106 valence electrons. The molecule has 0 unspecified atom stereocenters. The Hall–Kier alpha value is -2.26. The SMILES string of the molecule is Cn1cc[n+](C)c1/C=C/c1ccc(-c2ccccc2Cl)o1. The summed E-state index contributed by atoms with van der Waals surface area (Å²) in [6, 6.07) is 11.5. The summed E-state index contributed by atoms with van der Waals surface area (Å²) in [7, 11) is 4.02. The van der Waals surface area contributed by atoms with E-state index in [0.29, 0.717) is 5.02 Å². The van der Waals surface area contributed by atoms with Gasteiger partial charge in [-0.3, -0.25) is 0 Å². The molecule has 0 spiro atoms. The summed E-state index contributed by atoms with van der Waals surface area (Å²) in [6.45, 7) is 0. The van der Waals surface area contributed by atoms with Gasteiger partial charge in [0.1, 0.15) is 23.9 Å². The van der Waals surface area contributed by atoms with Crippen molar-refractivity contribution in [2.24, 2.45) is 14.1 Å². The Morgan fingerprint density at radius 1 is 1.14 bits per heavy atom. The van der Waals surface area contributed by atoms with Crippen LogP contribution in [0.15, 0.2) is 53.2 Å². The molecule has 0 aliphatic carbocycles. The number of hydrogen-bond donors (Lipinski definition) is 0. The summed E-state index contributed by atoms with van der Waals surface area (Å²) in [5.74, 6) is 2.66. The van der Waals surface area contributed by atoms with E-state index in [4.69, 9.17) is 16.0 Å². The second-order valence-corrected chi connectivity index (χ2v) is 5.30. The lowest BCUT2D eigenvalue weighted by Gasteiger charge is -1.98. The summed E-state index contributed by atoms with van der Waals surface area (Å²) in [6.07, 6.45) is 8.00. The third kappa shape index (κ3) is 2.78. The Morgan fingerprint density at radius 3 is 2.67 bits per heavy atom. The minimum absolute atomic E-state index is 0.691. The highest BCUT2D eigenvalue weighted by molar-refractivity contribution is 6.33. The van der Waals surface area contributed by atoms with E-state index in [9.17, 15) is 0 Å². The van der Waals surface area contributed by atoms with Gasteiger partial charge in [-0.05, 0) is 30.3 Å². The number of imidazole rings is 1. The lowest BCUT2D eigenvalue weighted by atomic mass is 10.2. The maximum absolute atomic E-state index is 6.18. The van der Waals surface area contributed by atoms with Crippen LogP contribution in [0.4, 0.5) is 0 Å². The third-order valence-corrected chi connectivity index (χ3v) is 3.73. The molecule has 0 aliphatic heterocycles. The molecule has 0 atom stereocenters. The Balaban J connectivity index is 1.88. The molecular formula is C17H16ClN2O+. The first-order chi connectivity index (χ1) is 10.1. The number of nitrogens with zero attached hydrogens (tertiary/aromatic N) is 2. The fraction of sp³-hybridized carbons (Fsp3) is 0.118. The summed E-state index contributed by atoms with van der Waals surface area (Å²) in [5, 5.41) is 0.691. The van der Waals surface area contributed by atoms with Crippen molar-refractivity contribution >= 4 is 23.8 Å². The first-order valence-corrected chi connectivity index (χ1v) is 7.07. The van der Waals surface area contributed by atoms with Crippen LogP contribution in [0.25, 0.3) is 23.5 Å². The van der Waals surface area contributed by atoms with Crippen molar-refractivity contribution in [1.82, 2.24) is 4.57 Å². The van der Waals surface area contributed by atoms with Crippen LogP contribution in [0.5, 0.6) is 0 Å². The molecular weight excluding hydrogens is 284 g/mol. The van der Waals surface area contributed by atoms with E-state index in [2.05, 4.69) is 9.13 Å². The van der Waals surface area contributed by atoms with E-state index in [1.807, 2.05) is 75.0 Å². The predicted molar refractivity (Wildman–Crippen MR) is 84.7 cm³/mol. The maximum atomic E-state index is 6.18. The quantitative estimate of drug-likeness (QED) is 0.672. The highest BCUT2D eigenvalue weighted by atomic mass is 35.5. The smallest absolute Gasteiger partial charge is 0.281 e. The van der Waals surface area contributed by atoms with Crippen LogP contribution in [-0.4, -0.2) is 4.57 Å². The minimum atomic E-state index is 0.691. The molecule has 0 N–H and O–H groups in total. The number of aromatic nitrogens is 2. The predicted octanol–water partition coefficient (Wildman–Crippen LogP) is 3.93. The van der Waals surface area contributed by atoms with Crippen molar-refractivity contribution in [1.29, 1.82) is 0 Å². The van der Waals surface area contributed by atoms with E-state index in [0.717, 1.165) is 22.9 Å². The molecule has 0 saturated heterocycles. The zero-order chi connectivity index (χ0) is 14.8. The van der Waals surface area contributed by atoms with E-state index in [1.54, 1.807) is 0 Å². The average Bonchev–Trinajstić information content (AvgIpc) is 3.05. The van der Waals surface area contributed by atoms with Gasteiger partial charge in [0.25, 0.3) is 5.82 Å². The first-order valence-electron chi connectivity index (χ1n) is 6.69. The zero-order valence-corrected chi connectivity index (χ0v) is 12.7. The second-order valence-electron chi connectivity index (χ2n) is 4.89. The van der Waals surface area contributed by atoms with Crippen LogP contribution in [-0.2, 0) is 14.1 Å². The summed E-state index contributed by atoms with van der Waals surface area (Å²) in [5.41, 5.74) is 0.906.